The fourth-order valence-electron chi connectivity index (χ4n) is 4.99. The third-order valence-electron chi connectivity index (χ3n) is 7.09. The number of methoxy groups -OCH3 is 5. The molecule has 0 saturated carbocycles. The molecule has 5 aromatic rings. The van der Waals surface area contributed by atoms with Gasteiger partial charge in [-0.25, -0.2) is 4.79 Å². The molecule has 242 valence electrons. The van der Waals surface area contributed by atoms with Crippen LogP contribution in [0.15, 0.2) is 77.9 Å². The Hall–Kier alpha value is -5.13. The molecule has 11 nitrogen and oxygen atoms in total. The fraction of sp³-hybridized carbons (Fsp3) is 0.182. The lowest BCUT2D eigenvalue weighted by atomic mass is 9.95. The number of anilines is 1. The number of carbonyl (C=O) groups excluding carboxylic acids is 1. The summed E-state index contributed by atoms with van der Waals surface area (Å²) in [6, 6.07) is 16.9. The first kappa shape index (κ1) is 35.4. The summed E-state index contributed by atoms with van der Waals surface area (Å²) in [5, 5.41) is 0.660. The summed E-state index contributed by atoms with van der Waals surface area (Å²) >= 11 is 0. The molecular weight excluding hydrogens is 637 g/mol. The molecule has 0 radical (unpaired) electrons. The average Bonchev–Trinajstić information content (AvgIpc) is 3.06. The number of nitrogens with zero attached hydrogens (tertiary/aromatic N) is 2. The smallest absolute Gasteiger partial charge is 0.355 e. The zero-order chi connectivity index (χ0) is 31.4. The van der Waals surface area contributed by atoms with Crippen molar-refractivity contribution in [3.05, 3.63) is 94.7 Å². The molecule has 0 atom stereocenters. The van der Waals surface area contributed by atoms with Crippen molar-refractivity contribution in [1.82, 2.24) is 9.55 Å². The first-order valence-corrected chi connectivity index (χ1v) is 13.4. The summed E-state index contributed by atoms with van der Waals surface area (Å²) in [5.41, 5.74) is 8.04. The molecule has 0 aliphatic carbocycles. The minimum atomic E-state index is -0.749. The molecule has 0 bridgehead atoms. The molecule has 0 amide bonds. The largest absolute Gasteiger partial charge is 0.493 e. The third-order valence-corrected chi connectivity index (χ3v) is 7.09. The maximum Gasteiger partial charge on any atom is 0.355 e. The summed E-state index contributed by atoms with van der Waals surface area (Å²) in [7, 11) is 7.22. The van der Waals surface area contributed by atoms with Gasteiger partial charge in [-0.3, -0.25) is 14.3 Å². The fourth-order valence-corrected chi connectivity index (χ4v) is 4.99. The molecule has 0 spiro atoms. The predicted molar refractivity (Wildman–Crippen MR) is 180 cm³/mol. The Morgan fingerprint density at radius 2 is 1.35 bits per heavy atom. The van der Waals surface area contributed by atoms with Gasteiger partial charge in [0.15, 0.2) is 23.0 Å². The molecule has 0 saturated heterocycles. The van der Waals surface area contributed by atoms with Crippen LogP contribution < -0.4 is 35.0 Å². The van der Waals surface area contributed by atoms with E-state index in [1.807, 2.05) is 12.1 Å². The quantitative estimate of drug-likeness (QED) is 0.142. The van der Waals surface area contributed by atoms with Gasteiger partial charge in [0.2, 0.25) is 5.75 Å². The molecule has 46 heavy (non-hydrogen) atoms. The maximum absolute atomic E-state index is 14.4. The Morgan fingerprint density at radius 3 is 1.89 bits per heavy atom. The van der Waals surface area contributed by atoms with Crippen LogP contribution in [0.4, 0.5) is 5.69 Å². The summed E-state index contributed by atoms with van der Waals surface area (Å²) in [5.74, 6) is 0.987. The highest BCUT2D eigenvalue weighted by Gasteiger charge is 2.28. The van der Waals surface area contributed by atoms with Crippen LogP contribution in [0.3, 0.4) is 0 Å². The minimum Gasteiger partial charge on any atom is -0.493 e. The van der Waals surface area contributed by atoms with Gasteiger partial charge < -0.3 is 34.2 Å². The highest BCUT2D eigenvalue weighted by Crippen LogP contribution is 2.45. The molecule has 2 heterocycles. The van der Waals surface area contributed by atoms with Crippen molar-refractivity contribution in [3.8, 4) is 45.6 Å². The van der Waals surface area contributed by atoms with E-state index in [4.69, 9.17) is 34.2 Å². The van der Waals surface area contributed by atoms with Gasteiger partial charge in [-0.05, 0) is 71.8 Å². The number of nitrogen functional groups attached to an aromatic ring is 1. The molecule has 0 unspecified atom stereocenters. The third kappa shape index (κ3) is 6.60. The molecule has 0 aliphatic heterocycles. The summed E-state index contributed by atoms with van der Waals surface area (Å²) in [4.78, 5) is 32.0. The van der Waals surface area contributed by atoms with E-state index in [0.29, 0.717) is 56.6 Å². The number of rotatable bonds is 10. The van der Waals surface area contributed by atoms with Crippen molar-refractivity contribution in [1.29, 1.82) is 0 Å². The van der Waals surface area contributed by atoms with E-state index < -0.39 is 11.5 Å². The summed E-state index contributed by atoms with van der Waals surface area (Å²) < 4.78 is 35.1. The van der Waals surface area contributed by atoms with E-state index in [9.17, 15) is 9.59 Å². The number of carbonyl (C=O) groups is 1. The van der Waals surface area contributed by atoms with Crippen molar-refractivity contribution in [2.24, 2.45) is 0 Å². The van der Waals surface area contributed by atoms with E-state index in [-0.39, 0.29) is 42.5 Å². The normalized spacial score (nSPS) is 10.3. The van der Waals surface area contributed by atoms with Gasteiger partial charge in [0, 0.05) is 34.7 Å². The Bertz CT molecular complexity index is 1870. The number of aromatic nitrogens is 2. The molecule has 2 aromatic heterocycles. The van der Waals surface area contributed by atoms with Crippen molar-refractivity contribution >= 4 is 47.2 Å². The van der Waals surface area contributed by atoms with E-state index >= 15 is 0 Å². The summed E-state index contributed by atoms with van der Waals surface area (Å²) in [6.07, 6.45) is 3.33. The van der Waals surface area contributed by atoms with E-state index in [2.05, 4.69) is 4.98 Å². The van der Waals surface area contributed by atoms with Gasteiger partial charge in [-0.15, -0.1) is 24.8 Å². The van der Waals surface area contributed by atoms with Crippen molar-refractivity contribution < 1.29 is 33.2 Å². The van der Waals surface area contributed by atoms with E-state index in [0.717, 1.165) is 5.56 Å². The Morgan fingerprint density at radius 1 is 0.761 bits per heavy atom. The number of nitrogens with two attached hydrogens (primary N) is 1. The maximum atomic E-state index is 14.4. The zero-order valence-electron chi connectivity index (χ0n) is 25.7. The number of hydrogen-bond acceptors (Lipinski definition) is 10. The lowest BCUT2D eigenvalue weighted by molar-refractivity contribution is 0.0591. The second kappa shape index (κ2) is 15.2. The minimum absolute atomic E-state index is 0. The lowest BCUT2D eigenvalue weighted by Gasteiger charge is -2.21. The Balaban J connectivity index is 0.00000288. The Kier molecular flexibility index (Phi) is 11.7. The highest BCUT2D eigenvalue weighted by molar-refractivity contribution is 6.08. The topological polar surface area (TPSA) is 133 Å². The van der Waals surface area contributed by atoms with Crippen LogP contribution in [-0.2, 0) is 11.3 Å². The first-order valence-electron chi connectivity index (χ1n) is 13.4. The van der Waals surface area contributed by atoms with Crippen LogP contribution in [0.5, 0.6) is 28.7 Å². The first-order chi connectivity index (χ1) is 21.3. The van der Waals surface area contributed by atoms with Crippen LogP contribution >= 0.6 is 24.8 Å². The number of benzene rings is 3. The molecule has 0 aliphatic rings. The highest BCUT2D eigenvalue weighted by atomic mass is 35.5. The number of esters is 1. The molecule has 13 heteroatoms. The molecule has 0 fully saturated rings. The van der Waals surface area contributed by atoms with E-state index in [1.165, 1.54) is 40.1 Å². The zero-order valence-corrected chi connectivity index (χ0v) is 27.3. The predicted octanol–water partition coefficient (Wildman–Crippen LogP) is 5.88. The molecular formula is C33H33Cl2N3O8. The average molecular weight is 671 g/mol. The van der Waals surface area contributed by atoms with Gasteiger partial charge in [-0.1, -0.05) is 0 Å². The number of pyridine rings is 2. The molecule has 5 rings (SSSR count). The number of halogens is 2. The number of fused-ring (bicyclic) bond motifs is 1. The monoisotopic (exact) mass is 669 g/mol. The van der Waals surface area contributed by atoms with Gasteiger partial charge >= 0.3 is 5.97 Å². The van der Waals surface area contributed by atoms with Crippen LogP contribution in [-0.4, -0.2) is 51.1 Å². The van der Waals surface area contributed by atoms with Gasteiger partial charge in [0.1, 0.15) is 12.3 Å². The number of ether oxygens (including phenoxy) is 6. The van der Waals surface area contributed by atoms with E-state index in [1.54, 1.807) is 60.9 Å². The lowest BCUT2D eigenvalue weighted by Crippen LogP contribution is -2.27. The van der Waals surface area contributed by atoms with Crippen molar-refractivity contribution in [3.63, 3.8) is 0 Å². The SMILES string of the molecule is COC(=O)c1c(-c2cc(OC)c(OC)c(OC)c2)c2cc(OC)c(OCc3ccncc3)cc2c(=O)n1-c1ccc(N)cc1.Cl.Cl. The van der Waals surface area contributed by atoms with Crippen LogP contribution in [0.1, 0.15) is 16.1 Å². The Labute approximate surface area is 277 Å². The molecule has 3 aromatic carbocycles. The van der Waals surface area contributed by atoms with Crippen LogP contribution in [0, 0.1) is 0 Å². The van der Waals surface area contributed by atoms with Crippen molar-refractivity contribution in [2.45, 2.75) is 6.61 Å². The van der Waals surface area contributed by atoms with Gasteiger partial charge in [-0.2, -0.15) is 0 Å². The van der Waals surface area contributed by atoms with Crippen LogP contribution in [0.2, 0.25) is 0 Å². The standard InChI is InChI=1S/C33H31N3O8.2ClH/c1-39-25-16-23-24(17-26(25)44-18-19-10-12-35-13-11-19)32(37)36(22-8-6-21(34)7-9-22)30(33(38)43-5)29(23)20-14-27(40-2)31(42-4)28(15-20)41-3;;/h6-17H,18,34H2,1-5H3;2*1H. The number of hydrogen-bond donors (Lipinski definition) is 1. The summed E-state index contributed by atoms with van der Waals surface area (Å²) in [6.45, 7) is 0.205. The van der Waals surface area contributed by atoms with Gasteiger partial charge in [0.25, 0.3) is 5.56 Å². The van der Waals surface area contributed by atoms with Crippen molar-refractivity contribution in [2.75, 3.05) is 41.3 Å². The second-order valence-electron chi connectivity index (χ2n) is 9.55. The van der Waals surface area contributed by atoms with Crippen LogP contribution in [0.25, 0.3) is 27.6 Å². The second-order valence-corrected chi connectivity index (χ2v) is 9.55. The van der Waals surface area contributed by atoms with Gasteiger partial charge in [0.05, 0.1) is 40.9 Å². The molecule has 2 N–H and O–H groups in total.